The number of ether oxygens (including phenoxy) is 6. The lowest BCUT2D eigenvalue weighted by Gasteiger charge is -2.44. The summed E-state index contributed by atoms with van der Waals surface area (Å²) in [6, 6.07) is 7.45. The molecule has 1 saturated carbocycles. The molecule has 0 aromatic heterocycles. The van der Waals surface area contributed by atoms with Crippen molar-refractivity contribution in [1.82, 2.24) is 0 Å². The summed E-state index contributed by atoms with van der Waals surface area (Å²) >= 11 is 0. The highest BCUT2D eigenvalue weighted by Gasteiger charge is 2.60. The predicted molar refractivity (Wildman–Crippen MR) is 107 cm³/mol. The highest BCUT2D eigenvalue weighted by molar-refractivity contribution is 5.66. The van der Waals surface area contributed by atoms with Crippen LogP contribution < -0.4 is 4.74 Å². The number of carbonyl (C=O) groups excluding carboxylic acids is 1. The van der Waals surface area contributed by atoms with E-state index in [1.165, 1.54) is 6.92 Å². The van der Waals surface area contributed by atoms with Gasteiger partial charge >= 0.3 is 5.97 Å². The van der Waals surface area contributed by atoms with Crippen molar-refractivity contribution in [3.8, 4) is 5.75 Å². The van der Waals surface area contributed by atoms with Gasteiger partial charge in [-0.05, 0) is 31.5 Å². The number of aliphatic hydroxyl groups is 1. The van der Waals surface area contributed by atoms with Gasteiger partial charge in [-0.3, -0.25) is 4.79 Å². The summed E-state index contributed by atoms with van der Waals surface area (Å²) in [5.74, 6) is -0.690. The van der Waals surface area contributed by atoms with E-state index in [9.17, 15) is 9.90 Å². The molecule has 1 N–H and O–H groups in total. The van der Waals surface area contributed by atoms with Crippen LogP contribution >= 0.6 is 0 Å². The van der Waals surface area contributed by atoms with E-state index in [2.05, 4.69) is 6.58 Å². The van der Waals surface area contributed by atoms with E-state index in [1.807, 2.05) is 24.3 Å². The number of esters is 1. The lowest BCUT2D eigenvalue weighted by Crippen LogP contribution is -2.65. The van der Waals surface area contributed by atoms with Gasteiger partial charge in [0.05, 0.1) is 20.3 Å². The number of hydrogen-bond donors (Lipinski definition) is 1. The Morgan fingerprint density at radius 1 is 1.13 bits per heavy atom. The van der Waals surface area contributed by atoms with Crippen LogP contribution in [0.25, 0.3) is 0 Å². The van der Waals surface area contributed by atoms with E-state index in [4.69, 9.17) is 28.4 Å². The molecule has 0 unspecified atom stereocenters. The number of fused-ring (bicyclic) bond motifs is 1. The van der Waals surface area contributed by atoms with E-state index in [1.54, 1.807) is 27.0 Å². The summed E-state index contributed by atoms with van der Waals surface area (Å²) in [4.78, 5) is 11.8. The smallest absolute Gasteiger partial charge is 0.303 e. The maximum atomic E-state index is 11.8. The molecule has 8 nitrogen and oxygen atoms in total. The molecule has 0 spiro atoms. The van der Waals surface area contributed by atoms with Gasteiger partial charge in [-0.15, -0.1) is 6.58 Å². The normalized spacial score (nSPS) is 32.3. The fourth-order valence-electron chi connectivity index (χ4n) is 3.89. The number of benzene rings is 1. The zero-order valence-corrected chi connectivity index (χ0v) is 17.8. The van der Waals surface area contributed by atoms with Crippen LogP contribution in [0.1, 0.15) is 26.3 Å². The predicted octanol–water partition coefficient (Wildman–Crippen LogP) is 1.98. The van der Waals surface area contributed by atoms with Crippen molar-refractivity contribution < 1.29 is 38.3 Å². The molecule has 1 aliphatic carbocycles. The van der Waals surface area contributed by atoms with Crippen LogP contribution in [-0.2, 0) is 35.1 Å². The molecule has 8 heteroatoms. The maximum absolute atomic E-state index is 11.8. The largest absolute Gasteiger partial charge is 0.497 e. The Morgan fingerprint density at radius 2 is 1.80 bits per heavy atom. The first-order valence-corrected chi connectivity index (χ1v) is 9.93. The van der Waals surface area contributed by atoms with Crippen molar-refractivity contribution in [2.45, 2.75) is 69.8 Å². The van der Waals surface area contributed by atoms with Crippen molar-refractivity contribution >= 4 is 5.97 Å². The van der Waals surface area contributed by atoms with Crippen molar-refractivity contribution in [1.29, 1.82) is 0 Å². The van der Waals surface area contributed by atoms with E-state index < -0.39 is 48.4 Å². The molecule has 1 heterocycles. The van der Waals surface area contributed by atoms with Crippen LogP contribution in [0, 0.1) is 0 Å². The monoisotopic (exact) mass is 422 g/mol. The second kappa shape index (κ2) is 9.45. The van der Waals surface area contributed by atoms with E-state index in [-0.39, 0.29) is 13.2 Å². The molecule has 1 aliphatic heterocycles. The second-order valence-electron chi connectivity index (χ2n) is 7.84. The Hall–Kier alpha value is -1.97. The highest BCUT2D eigenvalue weighted by Crippen LogP contribution is 2.40. The van der Waals surface area contributed by atoms with Crippen LogP contribution in [0.4, 0.5) is 0 Å². The zero-order valence-electron chi connectivity index (χ0n) is 17.8. The van der Waals surface area contributed by atoms with Gasteiger partial charge in [0.1, 0.15) is 36.3 Å². The standard InChI is InChI=1S/C22H30O8/c1-6-11-26-17-16(24)18-21(30-22(3,4)29-18)19(20(17)28-13(2)23)27-12-14-7-9-15(25-5)10-8-14/h6-10,16-21,24H,1,11-12H2,2-5H3/t16-,17-,18+,19-,20-,21-/m0/s1. The first kappa shape index (κ1) is 22.7. The molecular weight excluding hydrogens is 392 g/mol. The Bertz CT molecular complexity index is 731. The van der Waals surface area contributed by atoms with Gasteiger partial charge < -0.3 is 33.5 Å². The lowest BCUT2D eigenvalue weighted by molar-refractivity contribution is -0.231. The van der Waals surface area contributed by atoms with Crippen molar-refractivity contribution in [2.24, 2.45) is 0 Å². The molecule has 6 atom stereocenters. The van der Waals surface area contributed by atoms with Gasteiger partial charge in [0.15, 0.2) is 11.9 Å². The van der Waals surface area contributed by atoms with Gasteiger partial charge in [-0.25, -0.2) is 0 Å². The number of rotatable bonds is 8. The molecule has 30 heavy (non-hydrogen) atoms. The van der Waals surface area contributed by atoms with Crippen molar-refractivity contribution in [3.63, 3.8) is 0 Å². The summed E-state index contributed by atoms with van der Waals surface area (Å²) in [5.41, 5.74) is 0.904. The average Bonchev–Trinajstić information content (AvgIpc) is 3.03. The molecule has 166 valence electrons. The Balaban J connectivity index is 1.86. The van der Waals surface area contributed by atoms with Gasteiger partial charge in [0.2, 0.25) is 0 Å². The van der Waals surface area contributed by atoms with Crippen molar-refractivity contribution in [2.75, 3.05) is 13.7 Å². The van der Waals surface area contributed by atoms with Gasteiger partial charge in [-0.1, -0.05) is 18.2 Å². The van der Waals surface area contributed by atoms with Crippen LogP contribution in [0.15, 0.2) is 36.9 Å². The molecule has 1 aromatic rings. The summed E-state index contributed by atoms with van der Waals surface area (Å²) in [5, 5.41) is 10.9. The molecule has 2 aliphatic rings. The number of aliphatic hydroxyl groups excluding tert-OH is 1. The fourth-order valence-corrected chi connectivity index (χ4v) is 3.89. The van der Waals surface area contributed by atoms with Crippen molar-refractivity contribution in [3.05, 3.63) is 42.5 Å². The molecule has 0 amide bonds. The maximum Gasteiger partial charge on any atom is 0.303 e. The third kappa shape index (κ3) is 5.01. The van der Waals surface area contributed by atoms with Crippen LogP contribution in [0.3, 0.4) is 0 Å². The SMILES string of the molecule is C=CCO[C@H]1[C@H](O)[C@H]2OC(C)(C)O[C@@H]2[C@@H](OCc2ccc(OC)cc2)[C@H]1OC(C)=O. The second-order valence-corrected chi connectivity index (χ2v) is 7.84. The first-order chi connectivity index (χ1) is 14.3. The molecular formula is C22H30O8. The number of hydrogen-bond acceptors (Lipinski definition) is 8. The minimum atomic E-state index is -1.07. The van der Waals surface area contributed by atoms with Crippen LogP contribution in [0.2, 0.25) is 0 Å². The molecule has 1 aromatic carbocycles. The topological polar surface area (TPSA) is 92.7 Å². The number of methoxy groups -OCH3 is 1. The summed E-state index contributed by atoms with van der Waals surface area (Å²) in [7, 11) is 1.60. The van der Waals surface area contributed by atoms with Gasteiger partial charge in [0.25, 0.3) is 0 Å². The lowest BCUT2D eigenvalue weighted by atomic mass is 9.84. The first-order valence-electron chi connectivity index (χ1n) is 9.93. The summed E-state index contributed by atoms with van der Waals surface area (Å²) in [6.45, 7) is 8.89. The Labute approximate surface area is 176 Å². The average molecular weight is 422 g/mol. The fraction of sp³-hybridized carbons (Fsp3) is 0.591. The van der Waals surface area contributed by atoms with E-state index in [0.29, 0.717) is 0 Å². The summed E-state index contributed by atoms with van der Waals surface area (Å²) < 4.78 is 34.6. The Kier molecular flexibility index (Phi) is 7.15. The quantitative estimate of drug-likeness (QED) is 0.502. The van der Waals surface area contributed by atoms with Gasteiger partial charge in [-0.2, -0.15) is 0 Å². The Morgan fingerprint density at radius 3 is 2.40 bits per heavy atom. The molecule has 1 saturated heterocycles. The third-order valence-electron chi connectivity index (χ3n) is 5.12. The van der Waals surface area contributed by atoms with Crippen LogP contribution in [0.5, 0.6) is 5.75 Å². The summed E-state index contributed by atoms with van der Waals surface area (Å²) in [6.07, 6.45) is -3.28. The van der Waals surface area contributed by atoms with Gasteiger partial charge in [0, 0.05) is 6.92 Å². The van der Waals surface area contributed by atoms with E-state index >= 15 is 0 Å². The molecule has 0 radical (unpaired) electrons. The molecule has 3 rings (SSSR count). The van der Waals surface area contributed by atoms with E-state index in [0.717, 1.165) is 11.3 Å². The third-order valence-corrected chi connectivity index (χ3v) is 5.12. The number of carbonyl (C=O) groups is 1. The van der Waals surface area contributed by atoms with Crippen LogP contribution in [-0.4, -0.2) is 67.2 Å². The minimum Gasteiger partial charge on any atom is -0.497 e. The molecule has 0 bridgehead atoms. The molecule has 2 fully saturated rings. The minimum absolute atomic E-state index is 0.173. The highest BCUT2D eigenvalue weighted by atomic mass is 16.8. The zero-order chi connectivity index (χ0) is 21.9.